The number of thiophene rings is 1. The summed E-state index contributed by atoms with van der Waals surface area (Å²) >= 11 is 1.16. The maximum atomic E-state index is 10.6. The summed E-state index contributed by atoms with van der Waals surface area (Å²) in [6.45, 7) is 2.98. The Kier molecular flexibility index (Phi) is 4.99. The third-order valence-electron chi connectivity index (χ3n) is 2.76. The van der Waals surface area contributed by atoms with Gasteiger partial charge in [-0.1, -0.05) is 11.3 Å². The lowest BCUT2D eigenvalue weighted by Crippen LogP contribution is -2.00. The highest BCUT2D eigenvalue weighted by Crippen LogP contribution is 2.31. The fourth-order valence-corrected chi connectivity index (χ4v) is 2.56. The molecule has 6 nitrogen and oxygen atoms in total. The average molecular weight is 308 g/mol. The number of rotatable bonds is 7. The van der Waals surface area contributed by atoms with Gasteiger partial charge in [-0.3, -0.25) is 10.1 Å². The van der Waals surface area contributed by atoms with E-state index >= 15 is 0 Å². The first-order valence-electron chi connectivity index (χ1n) is 6.42. The number of nitro groups is 1. The van der Waals surface area contributed by atoms with Gasteiger partial charge in [0.15, 0.2) is 11.5 Å². The van der Waals surface area contributed by atoms with Crippen molar-refractivity contribution in [2.24, 2.45) is 0 Å². The molecule has 21 heavy (non-hydrogen) atoms. The number of benzene rings is 1. The summed E-state index contributed by atoms with van der Waals surface area (Å²) < 4.78 is 10.7. The average Bonchev–Trinajstić information content (AvgIpc) is 2.95. The molecule has 0 fully saturated rings. The lowest BCUT2D eigenvalue weighted by molar-refractivity contribution is -0.380. The van der Waals surface area contributed by atoms with Crippen molar-refractivity contribution in [2.45, 2.75) is 13.5 Å². The van der Waals surface area contributed by atoms with Crippen molar-refractivity contribution in [2.75, 3.05) is 19.0 Å². The molecule has 0 spiro atoms. The molecule has 0 amide bonds. The molecule has 0 unspecified atom stereocenters. The third-order valence-corrected chi connectivity index (χ3v) is 3.79. The molecule has 112 valence electrons. The van der Waals surface area contributed by atoms with Crippen LogP contribution in [-0.4, -0.2) is 18.6 Å². The molecule has 1 aromatic carbocycles. The lowest BCUT2D eigenvalue weighted by atomic mass is 10.2. The van der Waals surface area contributed by atoms with Crippen molar-refractivity contribution < 1.29 is 14.4 Å². The van der Waals surface area contributed by atoms with Crippen molar-refractivity contribution in [1.82, 2.24) is 0 Å². The van der Waals surface area contributed by atoms with Crippen LogP contribution in [0.5, 0.6) is 11.5 Å². The highest BCUT2D eigenvalue weighted by Gasteiger charge is 2.10. The summed E-state index contributed by atoms with van der Waals surface area (Å²) in [6, 6.07) is 8.82. The summed E-state index contributed by atoms with van der Waals surface area (Å²) in [5.74, 6) is 1.34. The molecule has 0 aliphatic carbocycles. The molecule has 0 saturated heterocycles. The van der Waals surface area contributed by atoms with E-state index in [0.717, 1.165) is 21.9 Å². The van der Waals surface area contributed by atoms with E-state index in [0.29, 0.717) is 24.7 Å². The summed E-state index contributed by atoms with van der Waals surface area (Å²) in [5.41, 5.74) is 0.871. The number of hydrogen-bond donors (Lipinski definition) is 1. The first kappa shape index (κ1) is 15.1. The number of nitrogens with zero attached hydrogens (tertiary/aromatic N) is 1. The van der Waals surface area contributed by atoms with Crippen LogP contribution in [0, 0.1) is 10.1 Å². The molecule has 0 bridgehead atoms. The Hall–Kier alpha value is -2.28. The van der Waals surface area contributed by atoms with Crippen LogP contribution in [0.3, 0.4) is 0 Å². The summed E-state index contributed by atoms with van der Waals surface area (Å²) in [6.07, 6.45) is 0. The van der Waals surface area contributed by atoms with Crippen molar-refractivity contribution >= 4 is 22.0 Å². The Balaban J connectivity index is 2.05. The van der Waals surface area contributed by atoms with E-state index in [1.54, 1.807) is 13.2 Å². The van der Waals surface area contributed by atoms with Crippen LogP contribution < -0.4 is 14.8 Å². The molecular weight excluding hydrogens is 292 g/mol. The normalized spacial score (nSPS) is 10.2. The number of hydrogen-bond acceptors (Lipinski definition) is 6. The number of methoxy groups -OCH3 is 1. The molecule has 7 heteroatoms. The molecule has 1 N–H and O–H groups in total. The largest absolute Gasteiger partial charge is 0.493 e. The van der Waals surface area contributed by atoms with Crippen LogP contribution in [-0.2, 0) is 6.54 Å². The van der Waals surface area contributed by atoms with E-state index in [1.165, 1.54) is 6.07 Å². The fourth-order valence-electron chi connectivity index (χ4n) is 1.80. The minimum absolute atomic E-state index is 0.150. The second kappa shape index (κ2) is 6.94. The second-order valence-electron chi connectivity index (χ2n) is 4.15. The van der Waals surface area contributed by atoms with E-state index in [9.17, 15) is 10.1 Å². The molecule has 0 radical (unpaired) electrons. The predicted molar refractivity (Wildman–Crippen MR) is 82.5 cm³/mol. The van der Waals surface area contributed by atoms with Crippen molar-refractivity contribution in [3.8, 4) is 11.5 Å². The fraction of sp³-hybridized carbons (Fsp3) is 0.286. The minimum atomic E-state index is -0.380. The van der Waals surface area contributed by atoms with Gasteiger partial charge in [-0.25, -0.2) is 0 Å². The van der Waals surface area contributed by atoms with Gasteiger partial charge in [0.25, 0.3) is 0 Å². The van der Waals surface area contributed by atoms with Crippen LogP contribution >= 0.6 is 11.3 Å². The van der Waals surface area contributed by atoms with Crippen LogP contribution in [0.2, 0.25) is 0 Å². The summed E-state index contributed by atoms with van der Waals surface area (Å²) in [5, 5.41) is 14.0. The second-order valence-corrected chi connectivity index (χ2v) is 5.30. The molecule has 0 atom stereocenters. The van der Waals surface area contributed by atoms with Crippen LogP contribution in [0.15, 0.2) is 30.3 Å². The molecule has 2 aromatic rings. The Morgan fingerprint density at radius 1 is 1.29 bits per heavy atom. The Morgan fingerprint density at radius 2 is 2.10 bits per heavy atom. The molecule has 1 heterocycles. The van der Waals surface area contributed by atoms with Gasteiger partial charge in [0.1, 0.15) is 0 Å². The SMILES string of the molecule is CCOc1cc(NCc2ccc([N+](=O)[O-])s2)ccc1OC. The molecule has 0 aliphatic heterocycles. The van der Waals surface area contributed by atoms with Gasteiger partial charge in [0.05, 0.1) is 18.6 Å². The van der Waals surface area contributed by atoms with E-state index in [4.69, 9.17) is 9.47 Å². The number of anilines is 1. The zero-order chi connectivity index (χ0) is 15.2. The molecule has 0 aliphatic rings. The summed E-state index contributed by atoms with van der Waals surface area (Å²) in [7, 11) is 1.59. The highest BCUT2D eigenvalue weighted by atomic mass is 32.1. The van der Waals surface area contributed by atoms with Gasteiger partial charge in [0.2, 0.25) is 0 Å². The Labute approximate surface area is 126 Å². The van der Waals surface area contributed by atoms with Crippen LogP contribution in [0.4, 0.5) is 10.7 Å². The maximum Gasteiger partial charge on any atom is 0.324 e. The van der Waals surface area contributed by atoms with Crippen LogP contribution in [0.25, 0.3) is 0 Å². The van der Waals surface area contributed by atoms with E-state index < -0.39 is 0 Å². The molecule has 0 saturated carbocycles. The quantitative estimate of drug-likeness (QED) is 0.624. The maximum absolute atomic E-state index is 10.6. The topological polar surface area (TPSA) is 73.6 Å². The smallest absolute Gasteiger partial charge is 0.324 e. The van der Waals surface area contributed by atoms with E-state index in [1.807, 2.05) is 25.1 Å². The first-order chi connectivity index (χ1) is 10.1. The zero-order valence-electron chi connectivity index (χ0n) is 11.8. The molecular formula is C14H16N2O4S. The van der Waals surface area contributed by atoms with Crippen molar-refractivity contribution in [1.29, 1.82) is 0 Å². The van der Waals surface area contributed by atoms with Crippen LogP contribution in [0.1, 0.15) is 11.8 Å². The van der Waals surface area contributed by atoms with Crippen molar-refractivity contribution in [3.63, 3.8) is 0 Å². The van der Waals surface area contributed by atoms with E-state index in [2.05, 4.69) is 5.32 Å². The molecule has 2 rings (SSSR count). The Bertz CT molecular complexity index is 627. The third kappa shape index (κ3) is 3.85. The first-order valence-corrected chi connectivity index (χ1v) is 7.23. The van der Waals surface area contributed by atoms with Gasteiger partial charge in [-0.15, -0.1) is 0 Å². The van der Waals surface area contributed by atoms with Gasteiger partial charge in [0, 0.05) is 29.2 Å². The monoisotopic (exact) mass is 308 g/mol. The van der Waals surface area contributed by atoms with Gasteiger partial charge < -0.3 is 14.8 Å². The number of ether oxygens (including phenoxy) is 2. The minimum Gasteiger partial charge on any atom is -0.493 e. The van der Waals surface area contributed by atoms with Gasteiger partial charge in [-0.05, 0) is 25.1 Å². The van der Waals surface area contributed by atoms with E-state index in [-0.39, 0.29) is 9.92 Å². The highest BCUT2D eigenvalue weighted by molar-refractivity contribution is 7.15. The Morgan fingerprint density at radius 3 is 2.71 bits per heavy atom. The predicted octanol–water partition coefficient (Wildman–Crippen LogP) is 3.68. The molecule has 1 aromatic heterocycles. The zero-order valence-corrected chi connectivity index (χ0v) is 12.6. The van der Waals surface area contributed by atoms with Gasteiger partial charge in [-0.2, -0.15) is 0 Å². The van der Waals surface area contributed by atoms with Crippen molar-refractivity contribution in [3.05, 3.63) is 45.3 Å². The number of nitrogens with one attached hydrogen (secondary N) is 1. The van der Waals surface area contributed by atoms with Gasteiger partial charge >= 0.3 is 5.00 Å². The summed E-state index contributed by atoms with van der Waals surface area (Å²) in [4.78, 5) is 11.2. The lowest BCUT2D eigenvalue weighted by Gasteiger charge is -2.12. The standard InChI is InChI=1S/C14H16N2O4S/c1-3-20-13-8-10(4-6-12(13)19-2)15-9-11-5-7-14(21-11)16(17)18/h4-8,15H,3,9H2,1-2H3.